The van der Waals surface area contributed by atoms with Gasteiger partial charge in [0.1, 0.15) is 6.20 Å². The summed E-state index contributed by atoms with van der Waals surface area (Å²) in [6.45, 7) is 0. The van der Waals surface area contributed by atoms with Crippen molar-refractivity contribution in [1.29, 1.82) is 0 Å². The molecule has 1 aromatic carbocycles. The summed E-state index contributed by atoms with van der Waals surface area (Å²) in [4.78, 5) is 28.8. The Balaban J connectivity index is 2.13. The van der Waals surface area contributed by atoms with Gasteiger partial charge in [0.15, 0.2) is 5.65 Å². The highest BCUT2D eigenvalue weighted by Gasteiger charge is 2.19. The Morgan fingerprint density at radius 1 is 1.00 bits per heavy atom. The van der Waals surface area contributed by atoms with E-state index in [-0.39, 0.29) is 28.2 Å². The summed E-state index contributed by atoms with van der Waals surface area (Å²) in [5, 5.41) is 25.1. The Kier molecular flexibility index (Phi) is 3.51. The fraction of sp³-hybridized carbons (Fsp3) is 0. The van der Waals surface area contributed by atoms with Crippen LogP contribution in [-0.4, -0.2) is 19.8 Å². The van der Waals surface area contributed by atoms with Crippen molar-refractivity contribution < 1.29 is 9.85 Å². The molecular weight excluding hydrogens is 302 g/mol. The highest BCUT2D eigenvalue weighted by atomic mass is 16.6. The van der Waals surface area contributed by atoms with Crippen molar-refractivity contribution in [1.82, 2.24) is 9.97 Å². The highest BCUT2D eigenvalue weighted by Crippen LogP contribution is 2.30. The van der Waals surface area contributed by atoms with E-state index in [1.807, 2.05) is 6.07 Å². The third-order valence-corrected chi connectivity index (χ3v) is 3.08. The number of anilines is 2. The molecule has 9 nitrogen and oxygen atoms in total. The fourth-order valence-electron chi connectivity index (χ4n) is 2.03. The number of rotatable bonds is 4. The van der Waals surface area contributed by atoms with Gasteiger partial charge in [-0.15, -0.1) is 0 Å². The van der Waals surface area contributed by atoms with Crippen LogP contribution < -0.4 is 5.32 Å². The lowest BCUT2D eigenvalue weighted by molar-refractivity contribution is -0.385. The Morgan fingerprint density at radius 2 is 1.74 bits per heavy atom. The highest BCUT2D eigenvalue weighted by molar-refractivity contribution is 5.84. The quantitative estimate of drug-likeness (QED) is 0.579. The van der Waals surface area contributed by atoms with Crippen molar-refractivity contribution in [3.63, 3.8) is 0 Å². The zero-order chi connectivity index (χ0) is 16.4. The summed E-state index contributed by atoms with van der Waals surface area (Å²) in [6.07, 6.45) is 1.06. The van der Waals surface area contributed by atoms with E-state index in [9.17, 15) is 20.2 Å². The number of hydrogen-bond acceptors (Lipinski definition) is 7. The van der Waals surface area contributed by atoms with Crippen LogP contribution in [0.3, 0.4) is 0 Å². The molecule has 2 heterocycles. The number of fused-ring (bicyclic) bond motifs is 1. The average molecular weight is 311 g/mol. The molecule has 0 saturated carbocycles. The van der Waals surface area contributed by atoms with Gasteiger partial charge < -0.3 is 5.32 Å². The van der Waals surface area contributed by atoms with Crippen LogP contribution in [0.1, 0.15) is 0 Å². The lowest BCUT2D eigenvalue weighted by Gasteiger charge is -2.07. The smallest absolute Gasteiger partial charge is 0.312 e. The van der Waals surface area contributed by atoms with E-state index in [1.165, 1.54) is 12.1 Å². The van der Waals surface area contributed by atoms with Gasteiger partial charge in [0.05, 0.1) is 9.85 Å². The lowest BCUT2D eigenvalue weighted by Crippen LogP contribution is -2.01. The van der Waals surface area contributed by atoms with Gasteiger partial charge in [0, 0.05) is 23.2 Å². The minimum Gasteiger partial charge on any atom is -0.334 e. The van der Waals surface area contributed by atoms with E-state index < -0.39 is 9.85 Å². The van der Waals surface area contributed by atoms with Crippen molar-refractivity contribution in [3.8, 4) is 0 Å². The van der Waals surface area contributed by atoms with Gasteiger partial charge in [-0.05, 0) is 12.1 Å². The SMILES string of the molecule is O=[N+]([O-])c1cnc2nc(Nc3ccccc3)c([N+](=O)[O-])cc2c1. The Labute approximate surface area is 128 Å². The van der Waals surface area contributed by atoms with Crippen molar-refractivity contribution in [2.24, 2.45) is 0 Å². The van der Waals surface area contributed by atoms with Gasteiger partial charge in [0.25, 0.3) is 5.69 Å². The van der Waals surface area contributed by atoms with Crippen molar-refractivity contribution in [2.75, 3.05) is 5.32 Å². The van der Waals surface area contributed by atoms with E-state index in [0.29, 0.717) is 5.69 Å². The topological polar surface area (TPSA) is 124 Å². The third kappa shape index (κ3) is 2.88. The van der Waals surface area contributed by atoms with Gasteiger partial charge >= 0.3 is 5.69 Å². The zero-order valence-electron chi connectivity index (χ0n) is 11.5. The molecule has 0 aliphatic heterocycles. The average Bonchev–Trinajstić information content (AvgIpc) is 2.54. The van der Waals surface area contributed by atoms with Crippen LogP contribution in [0.5, 0.6) is 0 Å². The molecular formula is C14H9N5O4. The maximum atomic E-state index is 11.2. The van der Waals surface area contributed by atoms with E-state index in [2.05, 4.69) is 15.3 Å². The molecule has 23 heavy (non-hydrogen) atoms. The predicted molar refractivity (Wildman–Crippen MR) is 82.6 cm³/mol. The summed E-state index contributed by atoms with van der Waals surface area (Å²) in [6, 6.07) is 11.3. The minimum atomic E-state index is -0.617. The maximum absolute atomic E-state index is 11.2. The molecule has 0 unspecified atom stereocenters. The molecule has 1 N–H and O–H groups in total. The summed E-state index contributed by atoms with van der Waals surface area (Å²) in [7, 11) is 0. The fourth-order valence-corrected chi connectivity index (χ4v) is 2.03. The Morgan fingerprint density at radius 3 is 2.39 bits per heavy atom. The van der Waals surface area contributed by atoms with Crippen molar-refractivity contribution in [3.05, 3.63) is 68.9 Å². The third-order valence-electron chi connectivity index (χ3n) is 3.08. The van der Waals surface area contributed by atoms with E-state index in [0.717, 1.165) is 6.20 Å². The van der Waals surface area contributed by atoms with Gasteiger partial charge in [0.2, 0.25) is 5.82 Å². The number of para-hydroxylation sites is 1. The summed E-state index contributed by atoms with van der Waals surface area (Å²) >= 11 is 0. The number of nitro groups is 2. The monoisotopic (exact) mass is 311 g/mol. The van der Waals surface area contributed by atoms with Crippen LogP contribution in [0.2, 0.25) is 0 Å². The van der Waals surface area contributed by atoms with E-state index in [1.54, 1.807) is 24.3 Å². The maximum Gasteiger partial charge on any atom is 0.312 e. The van der Waals surface area contributed by atoms with Crippen LogP contribution in [0, 0.1) is 20.2 Å². The summed E-state index contributed by atoms with van der Waals surface area (Å²) < 4.78 is 0. The molecule has 0 aliphatic carbocycles. The summed E-state index contributed by atoms with van der Waals surface area (Å²) in [5.74, 6) is 0.0232. The number of pyridine rings is 2. The minimum absolute atomic E-state index is 0.0232. The van der Waals surface area contributed by atoms with Gasteiger partial charge in [-0.1, -0.05) is 18.2 Å². The Hall–Kier alpha value is -3.62. The van der Waals surface area contributed by atoms with Crippen LogP contribution >= 0.6 is 0 Å². The van der Waals surface area contributed by atoms with E-state index in [4.69, 9.17) is 0 Å². The first-order chi connectivity index (χ1) is 11.0. The number of aromatic nitrogens is 2. The molecule has 2 aromatic heterocycles. The largest absolute Gasteiger partial charge is 0.334 e. The lowest BCUT2D eigenvalue weighted by atomic mass is 10.2. The zero-order valence-corrected chi connectivity index (χ0v) is 11.5. The number of benzene rings is 1. The Bertz CT molecular complexity index is 914. The molecule has 0 atom stereocenters. The normalized spacial score (nSPS) is 10.4. The molecule has 9 heteroatoms. The number of hydrogen-bond donors (Lipinski definition) is 1. The van der Waals surface area contributed by atoms with Crippen LogP contribution in [0.25, 0.3) is 11.0 Å². The van der Waals surface area contributed by atoms with Gasteiger partial charge in [-0.2, -0.15) is 0 Å². The molecule has 114 valence electrons. The molecule has 0 aliphatic rings. The first-order valence-corrected chi connectivity index (χ1v) is 6.46. The molecule has 0 amide bonds. The molecule has 0 radical (unpaired) electrons. The molecule has 3 rings (SSSR count). The first kappa shape index (κ1) is 14.3. The molecule has 3 aromatic rings. The molecule has 0 saturated heterocycles. The van der Waals surface area contributed by atoms with Crippen LogP contribution in [-0.2, 0) is 0 Å². The predicted octanol–water partition coefficient (Wildman–Crippen LogP) is 3.19. The van der Waals surface area contributed by atoms with Gasteiger partial charge in [-0.3, -0.25) is 20.2 Å². The number of nitrogens with one attached hydrogen (secondary N) is 1. The number of nitrogens with zero attached hydrogens (tertiary/aromatic N) is 4. The van der Waals surface area contributed by atoms with E-state index >= 15 is 0 Å². The molecule has 0 bridgehead atoms. The van der Waals surface area contributed by atoms with Gasteiger partial charge in [-0.25, -0.2) is 9.97 Å². The van der Waals surface area contributed by atoms with Crippen LogP contribution in [0.4, 0.5) is 22.9 Å². The first-order valence-electron chi connectivity index (χ1n) is 6.46. The van der Waals surface area contributed by atoms with Crippen molar-refractivity contribution in [2.45, 2.75) is 0 Å². The van der Waals surface area contributed by atoms with Crippen LogP contribution in [0.15, 0.2) is 48.7 Å². The summed E-state index contributed by atoms with van der Waals surface area (Å²) in [5.41, 5.74) is 0.269. The second kappa shape index (κ2) is 5.64. The van der Waals surface area contributed by atoms with Crippen molar-refractivity contribution >= 4 is 33.9 Å². The molecule has 0 fully saturated rings. The second-order valence-corrected chi connectivity index (χ2v) is 4.60. The standard InChI is InChI=1S/C14H9N5O4/c20-18(21)11-6-9-7-12(19(22)23)14(17-13(9)15-8-11)16-10-4-2-1-3-5-10/h1-8H,(H,15,16,17). The second-order valence-electron chi connectivity index (χ2n) is 4.60. The molecule has 0 spiro atoms.